The van der Waals surface area contributed by atoms with E-state index in [2.05, 4.69) is 4.98 Å². The minimum absolute atomic E-state index is 0.0195. The number of Topliss-reactive ketones (excluding diaryl/α,β-unsaturated/α-hetero) is 1. The molecule has 0 spiro atoms. The van der Waals surface area contributed by atoms with Crippen LogP contribution in [0.4, 0.5) is 0 Å². The predicted molar refractivity (Wildman–Crippen MR) is 100 cm³/mol. The average Bonchev–Trinajstić information content (AvgIpc) is 3.50. The molecule has 1 aliphatic carbocycles. The van der Waals surface area contributed by atoms with Crippen LogP contribution in [0.2, 0.25) is 5.02 Å². The largest absolute Gasteiger partial charge is 0.342 e. The molecule has 0 unspecified atom stereocenters. The highest BCUT2D eigenvalue weighted by Gasteiger charge is 2.53. The van der Waals surface area contributed by atoms with Gasteiger partial charge in [0.25, 0.3) is 0 Å². The van der Waals surface area contributed by atoms with Crippen LogP contribution in [-0.2, 0) is 10.2 Å². The third-order valence-electron chi connectivity index (χ3n) is 5.66. The molecule has 0 radical (unpaired) electrons. The fourth-order valence-electron chi connectivity index (χ4n) is 3.91. The fraction of sp³-hybridized carbons (Fsp3) is 0.381. The van der Waals surface area contributed by atoms with Gasteiger partial charge in [-0.15, -0.1) is 0 Å². The summed E-state index contributed by atoms with van der Waals surface area (Å²) in [6, 6.07) is 11.2. The van der Waals surface area contributed by atoms with E-state index in [9.17, 15) is 9.59 Å². The van der Waals surface area contributed by atoms with Crippen molar-refractivity contribution in [2.24, 2.45) is 5.92 Å². The lowest BCUT2D eigenvalue weighted by Crippen LogP contribution is -2.45. The molecule has 2 heterocycles. The van der Waals surface area contributed by atoms with Crippen molar-refractivity contribution in [3.8, 4) is 0 Å². The maximum Gasteiger partial charge on any atom is 0.233 e. The lowest BCUT2D eigenvalue weighted by atomic mass is 9.87. The molecule has 2 fully saturated rings. The van der Waals surface area contributed by atoms with Crippen LogP contribution < -0.4 is 0 Å². The molecule has 4 nitrogen and oxygen atoms in total. The monoisotopic (exact) mass is 368 g/mol. The molecule has 1 aromatic carbocycles. The van der Waals surface area contributed by atoms with Gasteiger partial charge in [0.15, 0.2) is 5.78 Å². The van der Waals surface area contributed by atoms with E-state index in [0.717, 1.165) is 31.2 Å². The Bertz CT molecular complexity index is 808. The zero-order chi connectivity index (χ0) is 18.1. The highest BCUT2D eigenvalue weighted by Crippen LogP contribution is 2.50. The third kappa shape index (κ3) is 3.14. The van der Waals surface area contributed by atoms with Crippen molar-refractivity contribution in [3.05, 3.63) is 64.9 Å². The van der Waals surface area contributed by atoms with E-state index in [1.807, 2.05) is 35.2 Å². The number of piperidine rings is 1. The molecule has 134 valence electrons. The summed E-state index contributed by atoms with van der Waals surface area (Å²) >= 11 is 5.97. The van der Waals surface area contributed by atoms with Crippen molar-refractivity contribution in [1.29, 1.82) is 0 Å². The molecule has 26 heavy (non-hydrogen) atoms. The number of likely N-dealkylation sites (tertiary alicyclic amines) is 1. The molecule has 5 heteroatoms. The van der Waals surface area contributed by atoms with Crippen LogP contribution in [0, 0.1) is 5.92 Å². The number of rotatable bonds is 4. The molecule has 0 N–H and O–H groups in total. The van der Waals surface area contributed by atoms with E-state index in [-0.39, 0.29) is 23.0 Å². The second-order valence-corrected chi connectivity index (χ2v) is 7.70. The summed E-state index contributed by atoms with van der Waals surface area (Å²) in [5, 5.41) is 0.687. The number of benzene rings is 1. The van der Waals surface area contributed by atoms with Crippen LogP contribution in [-0.4, -0.2) is 34.7 Å². The lowest BCUT2D eigenvalue weighted by molar-refractivity contribution is -0.135. The van der Waals surface area contributed by atoms with E-state index in [4.69, 9.17) is 11.6 Å². The van der Waals surface area contributed by atoms with Gasteiger partial charge in [-0.3, -0.25) is 14.6 Å². The van der Waals surface area contributed by atoms with Gasteiger partial charge in [-0.2, -0.15) is 0 Å². The standard InChI is InChI=1S/C21H21ClN2O2/c22-18-5-3-17(4-6-18)21(9-10-21)20(26)24-12-7-15(8-13-24)19(25)16-2-1-11-23-14-16/h1-6,11,14-15H,7-10,12-13H2. The number of ketones is 1. The predicted octanol–water partition coefficient (Wildman–Crippen LogP) is 3.89. The topological polar surface area (TPSA) is 50.3 Å². The molecule has 2 aliphatic rings. The van der Waals surface area contributed by atoms with Gasteiger partial charge in [0.1, 0.15) is 0 Å². The number of aromatic nitrogens is 1. The highest BCUT2D eigenvalue weighted by molar-refractivity contribution is 6.30. The quantitative estimate of drug-likeness (QED) is 0.769. The Hall–Kier alpha value is -2.20. The number of carbonyl (C=O) groups is 2. The first kappa shape index (κ1) is 17.2. The first-order chi connectivity index (χ1) is 12.6. The molecular weight excluding hydrogens is 348 g/mol. The molecule has 2 aromatic rings. The fourth-order valence-corrected chi connectivity index (χ4v) is 4.04. The minimum atomic E-state index is -0.370. The molecule has 1 aliphatic heterocycles. The Morgan fingerprint density at radius 2 is 1.77 bits per heavy atom. The van der Waals surface area contributed by atoms with Gasteiger partial charge < -0.3 is 4.90 Å². The maximum absolute atomic E-state index is 13.1. The molecule has 0 bridgehead atoms. The van der Waals surface area contributed by atoms with Gasteiger partial charge >= 0.3 is 0 Å². The lowest BCUT2D eigenvalue weighted by Gasteiger charge is -2.34. The van der Waals surface area contributed by atoms with Gasteiger partial charge in [-0.25, -0.2) is 0 Å². The van der Waals surface area contributed by atoms with Gasteiger partial charge in [0.05, 0.1) is 5.41 Å². The Morgan fingerprint density at radius 1 is 1.08 bits per heavy atom. The van der Waals surface area contributed by atoms with Gasteiger partial charge in [0, 0.05) is 42.0 Å². The summed E-state index contributed by atoms with van der Waals surface area (Å²) in [5.41, 5.74) is 1.35. The summed E-state index contributed by atoms with van der Waals surface area (Å²) in [6.07, 6.45) is 6.51. The Kier molecular flexibility index (Phi) is 4.53. The van der Waals surface area contributed by atoms with Crippen LogP contribution in [0.15, 0.2) is 48.8 Å². The van der Waals surface area contributed by atoms with E-state index in [0.29, 0.717) is 23.7 Å². The molecule has 1 amide bonds. The van der Waals surface area contributed by atoms with Gasteiger partial charge in [-0.1, -0.05) is 23.7 Å². The highest BCUT2D eigenvalue weighted by atomic mass is 35.5. The van der Waals surface area contributed by atoms with E-state index in [1.165, 1.54) is 0 Å². The van der Waals surface area contributed by atoms with Gasteiger partial charge in [-0.05, 0) is 55.5 Å². The Morgan fingerprint density at radius 3 is 2.35 bits per heavy atom. The number of pyridine rings is 1. The van der Waals surface area contributed by atoms with E-state index >= 15 is 0 Å². The first-order valence-corrected chi connectivity index (χ1v) is 9.48. The van der Waals surface area contributed by atoms with E-state index < -0.39 is 0 Å². The van der Waals surface area contributed by atoms with Crippen molar-refractivity contribution in [1.82, 2.24) is 9.88 Å². The zero-order valence-corrected chi connectivity index (χ0v) is 15.3. The minimum Gasteiger partial charge on any atom is -0.342 e. The second kappa shape index (κ2) is 6.84. The summed E-state index contributed by atoms with van der Waals surface area (Å²) in [7, 11) is 0. The summed E-state index contributed by atoms with van der Waals surface area (Å²) in [5.74, 6) is 0.324. The number of carbonyl (C=O) groups excluding carboxylic acids is 2. The number of hydrogen-bond acceptors (Lipinski definition) is 3. The van der Waals surface area contributed by atoms with Crippen LogP contribution in [0.3, 0.4) is 0 Å². The normalized spacial score (nSPS) is 19.2. The Labute approximate surface area is 158 Å². The molecule has 1 aromatic heterocycles. The van der Waals surface area contributed by atoms with Crippen LogP contribution in [0.5, 0.6) is 0 Å². The molecule has 1 saturated carbocycles. The number of nitrogens with zero attached hydrogens (tertiary/aromatic N) is 2. The summed E-state index contributed by atoms with van der Waals surface area (Å²) in [6.45, 7) is 1.29. The average molecular weight is 369 g/mol. The first-order valence-electron chi connectivity index (χ1n) is 9.10. The third-order valence-corrected chi connectivity index (χ3v) is 5.91. The maximum atomic E-state index is 13.1. The van der Waals surface area contributed by atoms with E-state index in [1.54, 1.807) is 18.5 Å². The van der Waals surface area contributed by atoms with Crippen molar-refractivity contribution in [2.45, 2.75) is 31.1 Å². The Balaban J connectivity index is 1.41. The zero-order valence-electron chi connectivity index (χ0n) is 14.5. The summed E-state index contributed by atoms with van der Waals surface area (Å²) < 4.78 is 0. The van der Waals surface area contributed by atoms with Crippen molar-refractivity contribution in [3.63, 3.8) is 0 Å². The van der Waals surface area contributed by atoms with Crippen molar-refractivity contribution >= 4 is 23.3 Å². The molecule has 4 rings (SSSR count). The molecular formula is C21H21ClN2O2. The molecule has 0 atom stereocenters. The number of halogens is 1. The SMILES string of the molecule is O=C(c1cccnc1)C1CCN(C(=O)C2(c3ccc(Cl)cc3)CC2)CC1. The van der Waals surface area contributed by atoms with Crippen molar-refractivity contribution < 1.29 is 9.59 Å². The second-order valence-electron chi connectivity index (χ2n) is 7.26. The smallest absolute Gasteiger partial charge is 0.233 e. The van der Waals surface area contributed by atoms with Crippen LogP contribution in [0.25, 0.3) is 0 Å². The molecule has 1 saturated heterocycles. The number of amides is 1. The van der Waals surface area contributed by atoms with Crippen LogP contribution in [0.1, 0.15) is 41.6 Å². The van der Waals surface area contributed by atoms with Crippen LogP contribution >= 0.6 is 11.6 Å². The summed E-state index contributed by atoms with van der Waals surface area (Å²) in [4.78, 5) is 31.7. The van der Waals surface area contributed by atoms with Gasteiger partial charge in [0.2, 0.25) is 5.91 Å². The van der Waals surface area contributed by atoms with Crippen molar-refractivity contribution in [2.75, 3.05) is 13.1 Å². The number of hydrogen-bond donors (Lipinski definition) is 0.